The molecule has 1 aliphatic rings. The van der Waals surface area contributed by atoms with E-state index < -0.39 is 0 Å². The van der Waals surface area contributed by atoms with Crippen molar-refractivity contribution in [2.75, 3.05) is 26.7 Å². The summed E-state index contributed by atoms with van der Waals surface area (Å²) in [5, 5.41) is 0. The molecular weight excluding hydrogens is 168 g/mol. The smallest absolute Gasteiger partial charge is 0.319 e. The third-order valence-electron chi connectivity index (χ3n) is 2.25. The molecular formula is C9H16N2O2. The number of ketones is 1. The summed E-state index contributed by atoms with van der Waals surface area (Å²) in [6, 6.07) is 0.0486. The van der Waals surface area contributed by atoms with Crippen molar-refractivity contribution in [1.82, 2.24) is 9.80 Å². The van der Waals surface area contributed by atoms with Crippen molar-refractivity contribution in [2.24, 2.45) is 0 Å². The Hall–Kier alpha value is -1.06. The minimum Gasteiger partial charge on any atom is -0.328 e. The third kappa shape index (κ3) is 2.72. The maximum Gasteiger partial charge on any atom is 0.319 e. The van der Waals surface area contributed by atoms with E-state index in [0.29, 0.717) is 13.0 Å². The zero-order chi connectivity index (χ0) is 9.84. The Labute approximate surface area is 78.5 Å². The van der Waals surface area contributed by atoms with Crippen LogP contribution in [0.5, 0.6) is 0 Å². The summed E-state index contributed by atoms with van der Waals surface area (Å²) in [4.78, 5) is 25.6. The van der Waals surface area contributed by atoms with Crippen molar-refractivity contribution in [3.63, 3.8) is 0 Å². The summed E-state index contributed by atoms with van der Waals surface area (Å²) in [5.41, 5.74) is 0. The van der Waals surface area contributed by atoms with Gasteiger partial charge >= 0.3 is 6.03 Å². The van der Waals surface area contributed by atoms with Gasteiger partial charge in [-0.15, -0.1) is 0 Å². The molecule has 0 saturated carbocycles. The molecule has 1 saturated heterocycles. The second-order valence-electron chi connectivity index (χ2n) is 3.50. The van der Waals surface area contributed by atoms with Crippen LogP contribution in [0.1, 0.15) is 19.8 Å². The first-order valence-electron chi connectivity index (χ1n) is 4.60. The summed E-state index contributed by atoms with van der Waals surface area (Å²) in [5.74, 6) is 0.140. The van der Waals surface area contributed by atoms with Gasteiger partial charge in [-0.1, -0.05) is 0 Å². The van der Waals surface area contributed by atoms with Crippen LogP contribution >= 0.6 is 0 Å². The van der Waals surface area contributed by atoms with Crippen LogP contribution < -0.4 is 0 Å². The van der Waals surface area contributed by atoms with E-state index in [4.69, 9.17) is 0 Å². The Kier molecular flexibility index (Phi) is 3.28. The van der Waals surface area contributed by atoms with Crippen molar-refractivity contribution in [2.45, 2.75) is 19.8 Å². The fourth-order valence-corrected chi connectivity index (χ4v) is 1.43. The predicted octanol–water partition coefficient (Wildman–Crippen LogP) is 0.723. The molecule has 0 aliphatic carbocycles. The van der Waals surface area contributed by atoms with Crippen LogP contribution in [0.2, 0.25) is 0 Å². The molecule has 1 aliphatic heterocycles. The Morgan fingerprint density at radius 3 is 2.77 bits per heavy atom. The Morgan fingerprint density at radius 2 is 2.15 bits per heavy atom. The van der Waals surface area contributed by atoms with Crippen LogP contribution in [0.4, 0.5) is 4.79 Å². The molecule has 0 aromatic heterocycles. The van der Waals surface area contributed by atoms with Gasteiger partial charge in [-0.25, -0.2) is 4.79 Å². The minimum absolute atomic E-state index is 0.0486. The van der Waals surface area contributed by atoms with Gasteiger partial charge in [0.2, 0.25) is 0 Å². The number of hydrogen-bond acceptors (Lipinski definition) is 2. The van der Waals surface area contributed by atoms with Crippen LogP contribution in [0.15, 0.2) is 0 Å². The van der Waals surface area contributed by atoms with Gasteiger partial charge in [-0.2, -0.15) is 0 Å². The first-order chi connectivity index (χ1) is 6.11. The SMILES string of the molecule is CC(=O)CCN1CCCN(C)C1=O. The highest BCUT2D eigenvalue weighted by molar-refractivity contribution is 5.78. The van der Waals surface area contributed by atoms with Crippen molar-refractivity contribution in [1.29, 1.82) is 0 Å². The van der Waals surface area contributed by atoms with Crippen LogP contribution in [0.3, 0.4) is 0 Å². The topological polar surface area (TPSA) is 40.6 Å². The number of urea groups is 1. The Balaban J connectivity index is 2.40. The molecule has 74 valence electrons. The average Bonchev–Trinajstić information content (AvgIpc) is 2.07. The molecule has 0 aromatic rings. The number of nitrogens with zero attached hydrogens (tertiary/aromatic N) is 2. The van der Waals surface area contributed by atoms with Gasteiger partial charge in [0, 0.05) is 33.1 Å². The molecule has 4 nitrogen and oxygen atoms in total. The van der Waals surface area contributed by atoms with Gasteiger partial charge < -0.3 is 9.80 Å². The summed E-state index contributed by atoms with van der Waals surface area (Å²) in [7, 11) is 1.79. The normalized spacial score (nSPS) is 17.8. The monoisotopic (exact) mass is 184 g/mol. The highest BCUT2D eigenvalue weighted by atomic mass is 16.2. The maximum absolute atomic E-state index is 11.5. The molecule has 1 rings (SSSR count). The standard InChI is InChI=1S/C9H16N2O2/c1-8(12)4-7-11-6-3-5-10(2)9(11)13/h3-7H2,1-2H3. The Bertz CT molecular complexity index is 216. The van der Waals surface area contributed by atoms with Gasteiger partial charge in [0.1, 0.15) is 5.78 Å². The van der Waals surface area contributed by atoms with E-state index in [9.17, 15) is 9.59 Å². The van der Waals surface area contributed by atoms with Crippen molar-refractivity contribution in [3.8, 4) is 0 Å². The Morgan fingerprint density at radius 1 is 1.46 bits per heavy atom. The van der Waals surface area contributed by atoms with Crippen molar-refractivity contribution in [3.05, 3.63) is 0 Å². The van der Waals surface area contributed by atoms with E-state index in [-0.39, 0.29) is 11.8 Å². The number of carbonyl (C=O) groups is 2. The van der Waals surface area contributed by atoms with E-state index in [0.717, 1.165) is 19.5 Å². The fourth-order valence-electron chi connectivity index (χ4n) is 1.43. The van der Waals surface area contributed by atoms with E-state index in [2.05, 4.69) is 0 Å². The number of rotatable bonds is 3. The number of carbonyl (C=O) groups excluding carboxylic acids is 2. The highest BCUT2D eigenvalue weighted by Gasteiger charge is 2.21. The lowest BCUT2D eigenvalue weighted by Gasteiger charge is -2.33. The van der Waals surface area contributed by atoms with E-state index >= 15 is 0 Å². The molecule has 0 unspecified atom stereocenters. The predicted molar refractivity (Wildman–Crippen MR) is 49.5 cm³/mol. The average molecular weight is 184 g/mol. The van der Waals surface area contributed by atoms with E-state index in [1.54, 1.807) is 23.8 Å². The third-order valence-corrected chi connectivity index (χ3v) is 2.25. The lowest BCUT2D eigenvalue weighted by Crippen LogP contribution is -2.47. The van der Waals surface area contributed by atoms with Crippen molar-refractivity contribution < 1.29 is 9.59 Å². The molecule has 0 spiro atoms. The molecule has 13 heavy (non-hydrogen) atoms. The van der Waals surface area contributed by atoms with Crippen LogP contribution in [0, 0.1) is 0 Å². The summed E-state index contributed by atoms with van der Waals surface area (Å²) >= 11 is 0. The summed E-state index contributed by atoms with van der Waals surface area (Å²) in [6.45, 7) is 3.74. The van der Waals surface area contributed by atoms with Crippen LogP contribution in [0.25, 0.3) is 0 Å². The van der Waals surface area contributed by atoms with Gasteiger partial charge in [-0.3, -0.25) is 4.79 Å². The molecule has 4 heteroatoms. The lowest BCUT2D eigenvalue weighted by molar-refractivity contribution is -0.117. The molecule has 2 amide bonds. The van der Waals surface area contributed by atoms with Gasteiger partial charge in [0.05, 0.1) is 0 Å². The van der Waals surface area contributed by atoms with Gasteiger partial charge in [0.25, 0.3) is 0 Å². The second kappa shape index (κ2) is 4.25. The molecule has 1 heterocycles. The number of Topliss-reactive ketones (excluding diaryl/α,β-unsaturated/α-hetero) is 1. The molecule has 0 bridgehead atoms. The highest BCUT2D eigenvalue weighted by Crippen LogP contribution is 2.07. The largest absolute Gasteiger partial charge is 0.328 e. The lowest BCUT2D eigenvalue weighted by atomic mass is 10.2. The quantitative estimate of drug-likeness (QED) is 0.648. The summed E-state index contributed by atoms with van der Waals surface area (Å²) in [6.07, 6.45) is 1.47. The molecule has 0 aromatic carbocycles. The van der Waals surface area contributed by atoms with Gasteiger partial charge in [-0.05, 0) is 13.3 Å². The summed E-state index contributed by atoms with van der Waals surface area (Å²) < 4.78 is 0. The number of hydrogen-bond donors (Lipinski definition) is 0. The van der Waals surface area contributed by atoms with Crippen molar-refractivity contribution >= 4 is 11.8 Å². The molecule has 0 radical (unpaired) electrons. The first-order valence-corrected chi connectivity index (χ1v) is 4.60. The van der Waals surface area contributed by atoms with Gasteiger partial charge in [0.15, 0.2) is 0 Å². The minimum atomic E-state index is 0.0486. The van der Waals surface area contributed by atoms with Crippen LogP contribution in [-0.2, 0) is 4.79 Å². The van der Waals surface area contributed by atoms with E-state index in [1.165, 1.54) is 0 Å². The zero-order valence-corrected chi connectivity index (χ0v) is 8.25. The van der Waals surface area contributed by atoms with E-state index in [1.807, 2.05) is 0 Å². The molecule has 0 N–H and O–H groups in total. The fraction of sp³-hybridized carbons (Fsp3) is 0.778. The second-order valence-corrected chi connectivity index (χ2v) is 3.50. The molecule has 0 atom stereocenters. The number of amides is 2. The molecule has 1 fully saturated rings. The zero-order valence-electron chi connectivity index (χ0n) is 8.25. The van der Waals surface area contributed by atoms with Crippen LogP contribution in [-0.4, -0.2) is 48.3 Å². The first kappa shape index (κ1) is 10.0. The maximum atomic E-state index is 11.5.